The summed E-state index contributed by atoms with van der Waals surface area (Å²) in [6.07, 6.45) is 0. The maximum absolute atomic E-state index is 12.3. The second-order valence-corrected chi connectivity index (χ2v) is 7.79. The molecule has 1 aromatic rings. The second kappa shape index (κ2) is 6.59. The molecule has 0 aliphatic rings. The number of hydrogen-bond donors (Lipinski definition) is 2. The first kappa shape index (κ1) is 17.0. The molecule has 0 atom stereocenters. The molecule has 0 bridgehead atoms. The molecule has 0 heterocycles. The summed E-state index contributed by atoms with van der Waals surface area (Å²) in [4.78, 5) is 0.229. The number of benzene rings is 1. The van der Waals surface area contributed by atoms with Crippen LogP contribution in [0.4, 0.5) is 5.69 Å². The van der Waals surface area contributed by atoms with Gasteiger partial charge in [0.25, 0.3) is 0 Å². The second-order valence-electron chi connectivity index (χ2n) is 6.02. The van der Waals surface area contributed by atoms with Gasteiger partial charge >= 0.3 is 0 Å². The minimum Gasteiger partial charge on any atom is -0.398 e. The van der Waals surface area contributed by atoms with Crippen molar-refractivity contribution in [1.82, 2.24) is 4.72 Å². The Hall–Kier alpha value is -1.07. The van der Waals surface area contributed by atoms with Crippen LogP contribution in [0.15, 0.2) is 23.1 Å². The summed E-state index contributed by atoms with van der Waals surface area (Å²) in [5.41, 5.74) is 7.16. The van der Waals surface area contributed by atoms with E-state index in [1.54, 1.807) is 12.1 Å². The van der Waals surface area contributed by atoms with Gasteiger partial charge in [-0.3, -0.25) is 0 Å². The largest absolute Gasteiger partial charge is 0.398 e. The fraction of sp³-hybridized carbons (Fsp3) is 0.600. The molecule has 114 valence electrons. The highest BCUT2D eigenvalue weighted by molar-refractivity contribution is 7.89. The quantitative estimate of drug-likeness (QED) is 0.793. The first-order valence-corrected chi connectivity index (χ1v) is 8.49. The Labute approximate surface area is 122 Å². The van der Waals surface area contributed by atoms with Crippen LogP contribution < -0.4 is 10.5 Å². The van der Waals surface area contributed by atoms with Crippen molar-refractivity contribution in [2.24, 2.45) is 17.8 Å². The van der Waals surface area contributed by atoms with Crippen molar-refractivity contribution in [2.75, 3.05) is 12.3 Å². The predicted octanol–water partition coefficient (Wildman–Crippen LogP) is 2.78. The number of anilines is 1. The van der Waals surface area contributed by atoms with Crippen LogP contribution in [0, 0.1) is 24.7 Å². The fourth-order valence-electron chi connectivity index (χ4n) is 2.32. The third-order valence-electron chi connectivity index (χ3n) is 3.78. The van der Waals surface area contributed by atoms with Gasteiger partial charge in [0, 0.05) is 12.2 Å². The summed E-state index contributed by atoms with van der Waals surface area (Å²) in [5.74, 6) is 1.18. The number of sulfonamides is 1. The van der Waals surface area contributed by atoms with Crippen molar-refractivity contribution < 1.29 is 8.42 Å². The average molecular weight is 298 g/mol. The number of nitrogens with one attached hydrogen (secondary N) is 1. The van der Waals surface area contributed by atoms with Gasteiger partial charge in [0.05, 0.1) is 4.90 Å². The van der Waals surface area contributed by atoms with E-state index >= 15 is 0 Å². The Kier molecular flexibility index (Phi) is 5.59. The maximum Gasteiger partial charge on any atom is 0.240 e. The van der Waals surface area contributed by atoms with Crippen molar-refractivity contribution in [1.29, 1.82) is 0 Å². The topological polar surface area (TPSA) is 72.2 Å². The van der Waals surface area contributed by atoms with E-state index in [4.69, 9.17) is 5.73 Å². The number of aryl methyl sites for hydroxylation is 1. The van der Waals surface area contributed by atoms with E-state index < -0.39 is 10.0 Å². The smallest absolute Gasteiger partial charge is 0.240 e. The molecule has 0 saturated heterocycles. The highest BCUT2D eigenvalue weighted by Crippen LogP contribution is 2.21. The van der Waals surface area contributed by atoms with Gasteiger partial charge in [-0.25, -0.2) is 13.1 Å². The molecule has 1 aromatic carbocycles. The molecule has 0 spiro atoms. The Bertz CT molecular complexity index is 543. The van der Waals surface area contributed by atoms with E-state index in [0.29, 0.717) is 30.0 Å². The van der Waals surface area contributed by atoms with Gasteiger partial charge in [-0.2, -0.15) is 0 Å². The third kappa shape index (κ3) is 4.21. The van der Waals surface area contributed by atoms with Gasteiger partial charge in [0.1, 0.15) is 0 Å². The molecule has 0 saturated carbocycles. The fourth-order valence-corrected chi connectivity index (χ4v) is 3.42. The summed E-state index contributed by atoms with van der Waals surface area (Å²) < 4.78 is 27.3. The van der Waals surface area contributed by atoms with Gasteiger partial charge in [-0.15, -0.1) is 0 Å². The predicted molar refractivity (Wildman–Crippen MR) is 83.9 cm³/mol. The Morgan fingerprint density at radius 1 is 1.15 bits per heavy atom. The molecule has 0 amide bonds. The molecule has 3 N–H and O–H groups in total. The van der Waals surface area contributed by atoms with Crippen LogP contribution in [-0.4, -0.2) is 15.0 Å². The first-order valence-electron chi connectivity index (χ1n) is 7.01. The van der Waals surface area contributed by atoms with Crippen LogP contribution in [0.2, 0.25) is 0 Å². The molecule has 20 heavy (non-hydrogen) atoms. The number of nitrogen functional groups attached to an aromatic ring is 1. The standard InChI is InChI=1S/C15H26N2O2S/c1-10(2)14(11(3)4)9-17-20(18,19)13-7-6-12(5)15(16)8-13/h6-8,10-11,14,17H,9,16H2,1-5H3. The SMILES string of the molecule is Cc1ccc(S(=O)(=O)NCC(C(C)C)C(C)C)cc1N. The van der Waals surface area contributed by atoms with Crippen molar-refractivity contribution in [2.45, 2.75) is 39.5 Å². The molecule has 4 nitrogen and oxygen atoms in total. The zero-order valence-corrected chi connectivity index (χ0v) is 13.8. The molecule has 0 aliphatic heterocycles. The molecule has 5 heteroatoms. The Morgan fingerprint density at radius 3 is 2.15 bits per heavy atom. The van der Waals surface area contributed by atoms with Crippen LogP contribution in [0.1, 0.15) is 33.3 Å². The molecule has 0 fully saturated rings. The minimum absolute atomic E-state index is 0.229. The van der Waals surface area contributed by atoms with Gasteiger partial charge in [-0.05, 0) is 42.4 Å². The van der Waals surface area contributed by atoms with E-state index in [9.17, 15) is 8.42 Å². The lowest BCUT2D eigenvalue weighted by Crippen LogP contribution is -2.34. The van der Waals surface area contributed by atoms with Crippen molar-refractivity contribution in [3.05, 3.63) is 23.8 Å². The van der Waals surface area contributed by atoms with E-state index in [-0.39, 0.29) is 4.90 Å². The molecule has 0 radical (unpaired) electrons. The molecule has 0 aromatic heterocycles. The van der Waals surface area contributed by atoms with E-state index in [0.717, 1.165) is 5.56 Å². The van der Waals surface area contributed by atoms with E-state index in [2.05, 4.69) is 32.4 Å². The molecule has 0 aliphatic carbocycles. The van der Waals surface area contributed by atoms with Crippen LogP contribution in [0.3, 0.4) is 0 Å². The van der Waals surface area contributed by atoms with Gasteiger partial charge < -0.3 is 5.73 Å². The van der Waals surface area contributed by atoms with E-state index in [1.807, 2.05) is 6.92 Å². The summed E-state index contributed by atoms with van der Waals surface area (Å²) >= 11 is 0. The van der Waals surface area contributed by atoms with Crippen molar-refractivity contribution >= 4 is 15.7 Å². The van der Waals surface area contributed by atoms with Crippen LogP contribution in [0.5, 0.6) is 0 Å². The summed E-state index contributed by atoms with van der Waals surface area (Å²) in [5, 5.41) is 0. The number of nitrogens with two attached hydrogens (primary N) is 1. The lowest BCUT2D eigenvalue weighted by Gasteiger charge is -2.25. The summed E-state index contributed by atoms with van der Waals surface area (Å²) in [6, 6.07) is 4.83. The van der Waals surface area contributed by atoms with Crippen molar-refractivity contribution in [3.8, 4) is 0 Å². The number of rotatable bonds is 6. The third-order valence-corrected chi connectivity index (χ3v) is 5.20. The average Bonchev–Trinajstić information content (AvgIpc) is 2.31. The van der Waals surface area contributed by atoms with E-state index in [1.165, 1.54) is 6.07 Å². The molecular formula is C15H26N2O2S. The Balaban J connectivity index is 2.87. The zero-order valence-electron chi connectivity index (χ0n) is 13.0. The molecule has 0 unspecified atom stereocenters. The van der Waals surface area contributed by atoms with Crippen LogP contribution in [-0.2, 0) is 10.0 Å². The highest BCUT2D eigenvalue weighted by atomic mass is 32.2. The Morgan fingerprint density at radius 2 is 1.70 bits per heavy atom. The van der Waals surface area contributed by atoms with Gasteiger partial charge in [0.15, 0.2) is 0 Å². The maximum atomic E-state index is 12.3. The van der Waals surface area contributed by atoms with Crippen LogP contribution in [0.25, 0.3) is 0 Å². The van der Waals surface area contributed by atoms with Crippen LogP contribution >= 0.6 is 0 Å². The molecule has 1 rings (SSSR count). The lowest BCUT2D eigenvalue weighted by atomic mass is 9.86. The normalized spacial score (nSPS) is 12.6. The minimum atomic E-state index is -3.49. The zero-order chi connectivity index (χ0) is 15.5. The van der Waals surface area contributed by atoms with Gasteiger partial charge in [-0.1, -0.05) is 33.8 Å². The number of hydrogen-bond acceptors (Lipinski definition) is 3. The highest BCUT2D eigenvalue weighted by Gasteiger charge is 2.21. The molecular weight excluding hydrogens is 272 g/mol. The van der Waals surface area contributed by atoms with Crippen molar-refractivity contribution in [3.63, 3.8) is 0 Å². The monoisotopic (exact) mass is 298 g/mol. The first-order chi connectivity index (χ1) is 9.15. The summed E-state index contributed by atoms with van der Waals surface area (Å²) in [7, 11) is -3.49. The van der Waals surface area contributed by atoms with Gasteiger partial charge in [0.2, 0.25) is 10.0 Å². The summed E-state index contributed by atoms with van der Waals surface area (Å²) in [6.45, 7) is 10.8. The lowest BCUT2D eigenvalue weighted by molar-refractivity contribution is 0.289.